The topological polar surface area (TPSA) is 94.6 Å². The molecule has 0 bridgehead atoms. The van der Waals surface area contributed by atoms with E-state index in [1.165, 1.54) is 0 Å². The number of carbonyl (C=O) groups is 3. The molecular formula is C29H56N2O7. The molecule has 0 fully saturated rings. The van der Waals surface area contributed by atoms with E-state index in [0.29, 0.717) is 19.4 Å². The van der Waals surface area contributed by atoms with Gasteiger partial charge in [-0.1, -0.05) is 69.2 Å². The molecule has 0 N–H and O–H groups in total. The second kappa shape index (κ2) is 19.2. The summed E-state index contributed by atoms with van der Waals surface area (Å²) in [4.78, 5) is 42.2. The van der Waals surface area contributed by atoms with Gasteiger partial charge in [-0.2, -0.15) is 0 Å². The summed E-state index contributed by atoms with van der Waals surface area (Å²) in [7, 11) is 0. The van der Waals surface area contributed by atoms with Crippen LogP contribution in [0.5, 0.6) is 0 Å². The molecule has 0 saturated heterocycles. The molecule has 0 heterocycles. The van der Waals surface area contributed by atoms with Crippen LogP contribution in [-0.4, -0.2) is 86.7 Å². The van der Waals surface area contributed by atoms with Crippen molar-refractivity contribution in [3.05, 3.63) is 0 Å². The summed E-state index contributed by atoms with van der Waals surface area (Å²) in [6.07, 6.45) is -0.277. The minimum absolute atomic E-state index is 0.0765. The summed E-state index contributed by atoms with van der Waals surface area (Å²) in [5.74, 6) is -1.49. The minimum Gasteiger partial charge on any atom is -0.457 e. The molecule has 0 aliphatic heterocycles. The number of hydrogen-bond acceptors (Lipinski definition) is 9. The maximum Gasteiger partial charge on any atom is 0.511 e. The predicted molar refractivity (Wildman–Crippen MR) is 150 cm³/mol. The number of hydrogen-bond donors (Lipinski definition) is 0. The van der Waals surface area contributed by atoms with Gasteiger partial charge in [0.1, 0.15) is 6.61 Å². The zero-order valence-electron chi connectivity index (χ0n) is 25.8. The van der Waals surface area contributed by atoms with Crippen LogP contribution in [0.15, 0.2) is 0 Å². The van der Waals surface area contributed by atoms with Crippen molar-refractivity contribution in [1.29, 1.82) is 0 Å². The highest BCUT2D eigenvalue weighted by Gasteiger charge is 2.30. The first-order chi connectivity index (χ1) is 17.8. The Morgan fingerprint density at radius 1 is 0.737 bits per heavy atom. The third-order valence-electron chi connectivity index (χ3n) is 6.92. The standard InChI is InChI=1S/C29H56N2O7/c1-11-22(6)26(32)37-25(21-36-27(33)24(12-2)23(7)20-29(8,9)10)38-28(34)35-19-18-31(15-5)17-16-30(13-3)14-4/h22-25H,11-21H2,1-10H3. The molecule has 4 unspecified atom stereocenters. The molecule has 0 rings (SSSR count). The van der Waals surface area contributed by atoms with E-state index in [1.54, 1.807) is 6.92 Å². The Kier molecular flexibility index (Phi) is 18.3. The second-order valence-electron chi connectivity index (χ2n) is 11.2. The Hall–Kier alpha value is -1.87. The van der Waals surface area contributed by atoms with Crippen LogP contribution in [0.25, 0.3) is 0 Å². The van der Waals surface area contributed by atoms with Gasteiger partial charge in [0.15, 0.2) is 6.61 Å². The van der Waals surface area contributed by atoms with Crippen molar-refractivity contribution in [1.82, 2.24) is 9.80 Å². The molecule has 0 radical (unpaired) electrons. The van der Waals surface area contributed by atoms with Crippen molar-refractivity contribution in [2.75, 3.05) is 52.5 Å². The quantitative estimate of drug-likeness (QED) is 0.121. The number of esters is 2. The van der Waals surface area contributed by atoms with Crippen LogP contribution in [0.3, 0.4) is 0 Å². The molecule has 0 aromatic heterocycles. The van der Waals surface area contributed by atoms with Gasteiger partial charge in [0.05, 0.1) is 11.8 Å². The van der Waals surface area contributed by atoms with Crippen molar-refractivity contribution >= 4 is 18.1 Å². The number of ether oxygens (including phenoxy) is 4. The fraction of sp³-hybridized carbons (Fsp3) is 0.897. The van der Waals surface area contributed by atoms with Crippen LogP contribution in [0, 0.1) is 23.2 Å². The lowest BCUT2D eigenvalue weighted by Crippen LogP contribution is -2.37. The lowest BCUT2D eigenvalue weighted by molar-refractivity contribution is -0.191. The van der Waals surface area contributed by atoms with Crippen molar-refractivity contribution in [3.8, 4) is 0 Å². The van der Waals surface area contributed by atoms with Gasteiger partial charge >= 0.3 is 18.1 Å². The first-order valence-corrected chi connectivity index (χ1v) is 14.5. The zero-order valence-corrected chi connectivity index (χ0v) is 25.8. The number of likely N-dealkylation sites (N-methyl/N-ethyl adjacent to an activating group) is 2. The van der Waals surface area contributed by atoms with E-state index in [1.807, 2.05) is 20.8 Å². The van der Waals surface area contributed by atoms with Gasteiger partial charge in [-0.15, -0.1) is 0 Å². The van der Waals surface area contributed by atoms with E-state index in [2.05, 4.69) is 51.3 Å². The molecule has 4 atom stereocenters. The molecule has 224 valence electrons. The molecular weight excluding hydrogens is 488 g/mol. The highest BCUT2D eigenvalue weighted by Crippen LogP contribution is 2.30. The van der Waals surface area contributed by atoms with E-state index in [-0.39, 0.29) is 36.4 Å². The Morgan fingerprint density at radius 2 is 1.32 bits per heavy atom. The van der Waals surface area contributed by atoms with Crippen molar-refractivity contribution in [3.63, 3.8) is 0 Å². The van der Waals surface area contributed by atoms with Gasteiger partial charge in [0.2, 0.25) is 0 Å². The maximum atomic E-state index is 12.9. The normalized spacial score (nSPS) is 15.1. The smallest absolute Gasteiger partial charge is 0.457 e. The largest absolute Gasteiger partial charge is 0.511 e. The fourth-order valence-electron chi connectivity index (χ4n) is 4.32. The summed E-state index contributed by atoms with van der Waals surface area (Å²) in [6, 6.07) is 0. The van der Waals surface area contributed by atoms with Crippen LogP contribution in [0.4, 0.5) is 4.79 Å². The molecule has 0 aromatic carbocycles. The van der Waals surface area contributed by atoms with Crippen LogP contribution in [-0.2, 0) is 28.5 Å². The fourth-order valence-corrected chi connectivity index (χ4v) is 4.32. The first kappa shape index (κ1) is 36.1. The first-order valence-electron chi connectivity index (χ1n) is 14.5. The Balaban J connectivity index is 5.02. The highest BCUT2D eigenvalue weighted by molar-refractivity contribution is 5.73. The number of rotatable bonds is 19. The Labute approximate surface area is 231 Å². The Bertz CT molecular complexity index is 676. The molecule has 38 heavy (non-hydrogen) atoms. The summed E-state index contributed by atoms with van der Waals surface area (Å²) >= 11 is 0. The summed E-state index contributed by atoms with van der Waals surface area (Å²) in [5, 5.41) is 0. The van der Waals surface area contributed by atoms with E-state index in [9.17, 15) is 14.4 Å². The van der Waals surface area contributed by atoms with Crippen LogP contribution < -0.4 is 0 Å². The van der Waals surface area contributed by atoms with Gasteiger partial charge < -0.3 is 23.8 Å². The minimum atomic E-state index is -1.37. The van der Waals surface area contributed by atoms with E-state index >= 15 is 0 Å². The van der Waals surface area contributed by atoms with Crippen molar-refractivity contribution in [2.45, 2.75) is 94.8 Å². The summed E-state index contributed by atoms with van der Waals surface area (Å²) in [6.45, 7) is 25.3. The molecule has 0 aromatic rings. The van der Waals surface area contributed by atoms with Crippen LogP contribution in [0.1, 0.15) is 88.5 Å². The number of carbonyl (C=O) groups excluding carboxylic acids is 3. The molecule has 0 saturated carbocycles. The average molecular weight is 545 g/mol. The third kappa shape index (κ3) is 15.5. The SMILES string of the molecule is CCC(C)C(=O)OC(COC(=O)C(CC)C(C)CC(C)(C)C)OC(=O)OCCN(CC)CCN(CC)CC. The molecule has 0 aliphatic rings. The molecule has 9 nitrogen and oxygen atoms in total. The van der Waals surface area contributed by atoms with Crippen molar-refractivity contribution < 1.29 is 33.3 Å². The van der Waals surface area contributed by atoms with Crippen molar-refractivity contribution in [2.24, 2.45) is 23.2 Å². The van der Waals surface area contributed by atoms with Gasteiger partial charge in [-0.3, -0.25) is 14.5 Å². The van der Waals surface area contributed by atoms with E-state index < -0.39 is 24.4 Å². The lowest BCUT2D eigenvalue weighted by Gasteiger charge is -2.28. The summed E-state index contributed by atoms with van der Waals surface area (Å²) < 4.78 is 21.4. The van der Waals surface area contributed by atoms with Gasteiger partial charge in [-0.25, -0.2) is 4.79 Å². The Morgan fingerprint density at radius 3 is 1.82 bits per heavy atom. The highest BCUT2D eigenvalue weighted by atomic mass is 16.8. The lowest BCUT2D eigenvalue weighted by atomic mass is 9.78. The monoisotopic (exact) mass is 544 g/mol. The molecule has 0 aliphatic carbocycles. The second-order valence-corrected chi connectivity index (χ2v) is 11.2. The third-order valence-corrected chi connectivity index (χ3v) is 6.92. The molecule has 0 spiro atoms. The van der Waals surface area contributed by atoms with Gasteiger partial charge in [0.25, 0.3) is 6.29 Å². The van der Waals surface area contributed by atoms with Gasteiger partial charge in [-0.05, 0) is 50.2 Å². The molecule has 0 amide bonds. The average Bonchev–Trinajstić information content (AvgIpc) is 2.85. The van der Waals surface area contributed by atoms with E-state index in [4.69, 9.17) is 18.9 Å². The van der Waals surface area contributed by atoms with Crippen LogP contribution in [0.2, 0.25) is 0 Å². The molecule has 9 heteroatoms. The van der Waals surface area contributed by atoms with E-state index in [0.717, 1.165) is 39.1 Å². The van der Waals surface area contributed by atoms with Gasteiger partial charge in [0, 0.05) is 19.6 Å². The maximum absolute atomic E-state index is 12.9. The zero-order chi connectivity index (χ0) is 29.3. The van der Waals surface area contributed by atoms with Crippen LogP contribution >= 0.6 is 0 Å². The number of nitrogens with zero attached hydrogens (tertiary/aromatic N) is 2. The predicted octanol–water partition coefficient (Wildman–Crippen LogP) is 5.36. The summed E-state index contributed by atoms with van der Waals surface area (Å²) in [5.41, 5.74) is 0.0765.